The molecule has 0 unspecified atom stereocenters. The molecular weight excluding hydrogens is 504 g/mol. The summed E-state index contributed by atoms with van der Waals surface area (Å²) in [6.07, 6.45) is 6.31. The highest BCUT2D eigenvalue weighted by Gasteiger charge is 2.08. The van der Waals surface area contributed by atoms with Crippen molar-refractivity contribution in [2.75, 3.05) is 75.2 Å². The molecule has 0 radical (unpaired) electrons. The number of aromatic nitrogens is 5. The van der Waals surface area contributed by atoms with Crippen LogP contribution in [0.2, 0.25) is 0 Å². The molecule has 0 atom stereocenters. The lowest BCUT2D eigenvalue weighted by Crippen LogP contribution is -2.27. The maximum Gasteiger partial charge on any atom is 0.251 e. The SMILES string of the molecule is NCCOCCOCCNC(=O)c1ccc(CNc2nc(NCCO)nc(NCCCn3ccnc3)n2)cc1. The lowest BCUT2D eigenvalue weighted by Gasteiger charge is -2.11. The third-order valence-electron chi connectivity index (χ3n) is 5.30. The Kier molecular flexibility index (Phi) is 13.4. The molecule has 3 aromatic rings. The highest BCUT2D eigenvalue weighted by atomic mass is 16.5. The highest BCUT2D eigenvalue weighted by molar-refractivity contribution is 5.94. The molecule has 212 valence electrons. The second-order valence-corrected chi connectivity index (χ2v) is 8.36. The molecule has 14 nitrogen and oxygen atoms in total. The van der Waals surface area contributed by atoms with E-state index in [1.54, 1.807) is 24.7 Å². The van der Waals surface area contributed by atoms with Gasteiger partial charge in [0.2, 0.25) is 17.8 Å². The van der Waals surface area contributed by atoms with Gasteiger partial charge in [-0.3, -0.25) is 4.79 Å². The number of aliphatic hydroxyl groups is 1. The molecule has 0 saturated heterocycles. The number of aryl methyl sites for hydroxylation is 1. The molecule has 7 N–H and O–H groups in total. The second kappa shape index (κ2) is 17.6. The molecule has 3 rings (SSSR count). The lowest BCUT2D eigenvalue weighted by molar-refractivity contribution is 0.0511. The van der Waals surface area contributed by atoms with Crippen molar-refractivity contribution in [1.29, 1.82) is 0 Å². The fraction of sp³-hybridized carbons (Fsp3) is 0.480. The number of nitrogens with zero attached hydrogens (tertiary/aromatic N) is 5. The number of imidazole rings is 1. The number of benzene rings is 1. The monoisotopic (exact) mass is 542 g/mol. The Morgan fingerprint density at radius 1 is 0.897 bits per heavy atom. The summed E-state index contributed by atoms with van der Waals surface area (Å²) in [5.74, 6) is 1.01. The summed E-state index contributed by atoms with van der Waals surface area (Å²) < 4.78 is 12.6. The largest absolute Gasteiger partial charge is 0.395 e. The van der Waals surface area contributed by atoms with Gasteiger partial charge >= 0.3 is 0 Å². The van der Waals surface area contributed by atoms with Gasteiger partial charge in [-0.05, 0) is 24.1 Å². The number of hydrogen-bond acceptors (Lipinski definition) is 12. The Bertz CT molecular complexity index is 1080. The molecule has 1 amide bonds. The van der Waals surface area contributed by atoms with Gasteiger partial charge < -0.3 is 46.1 Å². The van der Waals surface area contributed by atoms with Crippen LogP contribution in [0.3, 0.4) is 0 Å². The zero-order valence-electron chi connectivity index (χ0n) is 22.0. The van der Waals surface area contributed by atoms with Crippen LogP contribution in [0.5, 0.6) is 0 Å². The first-order chi connectivity index (χ1) is 19.2. The molecule has 0 saturated carbocycles. The van der Waals surface area contributed by atoms with E-state index in [0.29, 0.717) is 82.6 Å². The van der Waals surface area contributed by atoms with Gasteiger partial charge in [0.15, 0.2) is 0 Å². The number of aliphatic hydroxyl groups excluding tert-OH is 1. The molecule has 2 heterocycles. The van der Waals surface area contributed by atoms with Crippen LogP contribution in [-0.4, -0.2) is 94.7 Å². The summed E-state index contributed by atoms with van der Waals surface area (Å²) in [7, 11) is 0. The molecular formula is C25H38N10O4. The molecule has 2 aromatic heterocycles. The van der Waals surface area contributed by atoms with Gasteiger partial charge in [-0.1, -0.05) is 12.1 Å². The van der Waals surface area contributed by atoms with Crippen LogP contribution in [0.4, 0.5) is 17.8 Å². The highest BCUT2D eigenvalue weighted by Crippen LogP contribution is 2.12. The topological polar surface area (TPSA) is 186 Å². The number of carbonyl (C=O) groups is 1. The lowest BCUT2D eigenvalue weighted by atomic mass is 10.1. The van der Waals surface area contributed by atoms with Gasteiger partial charge in [-0.2, -0.15) is 15.0 Å². The van der Waals surface area contributed by atoms with Crippen LogP contribution in [0.25, 0.3) is 0 Å². The third-order valence-corrected chi connectivity index (χ3v) is 5.30. The van der Waals surface area contributed by atoms with Gasteiger partial charge in [-0.15, -0.1) is 0 Å². The maximum absolute atomic E-state index is 12.4. The fourth-order valence-electron chi connectivity index (χ4n) is 3.36. The summed E-state index contributed by atoms with van der Waals surface area (Å²) in [5.41, 5.74) is 6.86. The predicted octanol–water partition coefficient (Wildman–Crippen LogP) is 0.308. The van der Waals surface area contributed by atoms with Crippen molar-refractivity contribution < 1.29 is 19.4 Å². The average Bonchev–Trinajstić information content (AvgIpc) is 3.48. The minimum absolute atomic E-state index is 0.0424. The zero-order chi connectivity index (χ0) is 27.5. The number of nitrogens with two attached hydrogens (primary N) is 1. The zero-order valence-corrected chi connectivity index (χ0v) is 22.0. The number of hydrogen-bond donors (Lipinski definition) is 6. The van der Waals surface area contributed by atoms with E-state index in [1.165, 1.54) is 0 Å². The molecule has 0 bridgehead atoms. The summed E-state index contributed by atoms with van der Waals surface area (Å²) in [4.78, 5) is 29.6. The van der Waals surface area contributed by atoms with Crippen molar-refractivity contribution in [2.24, 2.45) is 5.73 Å². The van der Waals surface area contributed by atoms with E-state index < -0.39 is 0 Å². The van der Waals surface area contributed by atoms with E-state index >= 15 is 0 Å². The smallest absolute Gasteiger partial charge is 0.251 e. The summed E-state index contributed by atoms with van der Waals surface area (Å²) >= 11 is 0. The third kappa shape index (κ3) is 11.6. The normalized spacial score (nSPS) is 10.8. The molecule has 0 aliphatic heterocycles. The molecule has 0 aliphatic rings. The predicted molar refractivity (Wildman–Crippen MR) is 148 cm³/mol. The minimum Gasteiger partial charge on any atom is -0.395 e. The van der Waals surface area contributed by atoms with Crippen LogP contribution in [0.1, 0.15) is 22.3 Å². The average molecular weight is 543 g/mol. The Labute approximate surface area is 227 Å². The second-order valence-electron chi connectivity index (χ2n) is 8.36. The van der Waals surface area contributed by atoms with Crippen molar-refractivity contribution in [3.05, 3.63) is 54.1 Å². The van der Waals surface area contributed by atoms with Gasteiger partial charge in [-0.25, -0.2) is 4.98 Å². The molecule has 0 fully saturated rings. The van der Waals surface area contributed by atoms with E-state index in [9.17, 15) is 4.79 Å². The van der Waals surface area contributed by atoms with E-state index in [-0.39, 0.29) is 12.5 Å². The Balaban J connectivity index is 1.44. The number of nitrogens with one attached hydrogen (secondary N) is 4. The van der Waals surface area contributed by atoms with Crippen LogP contribution in [0, 0.1) is 0 Å². The van der Waals surface area contributed by atoms with Crippen LogP contribution in [0.15, 0.2) is 43.0 Å². The van der Waals surface area contributed by atoms with Crippen molar-refractivity contribution in [3.63, 3.8) is 0 Å². The van der Waals surface area contributed by atoms with E-state index in [1.807, 2.05) is 22.9 Å². The van der Waals surface area contributed by atoms with Crippen LogP contribution >= 0.6 is 0 Å². The molecule has 0 spiro atoms. The van der Waals surface area contributed by atoms with Crippen LogP contribution < -0.4 is 27.0 Å². The number of rotatable bonds is 20. The fourth-order valence-corrected chi connectivity index (χ4v) is 3.36. The quantitative estimate of drug-likeness (QED) is 0.107. The number of amides is 1. The number of carbonyl (C=O) groups excluding carboxylic acids is 1. The van der Waals surface area contributed by atoms with Gasteiger partial charge in [0.25, 0.3) is 5.91 Å². The standard InChI is InChI=1S/C25H38N10O4/c26-6-14-38-16-17-39-15-10-28-22(37)21-4-2-20(3-5-21)18-31-25-33-23(32-24(34-25)30-9-13-36)29-7-1-11-35-12-8-27-19-35/h2-5,8,12,19,36H,1,6-7,9-11,13-18,26H2,(H,28,37)(H3,29,30,31,32,33,34). The minimum atomic E-state index is -0.168. The first kappa shape index (κ1) is 29.7. The van der Waals surface area contributed by atoms with E-state index in [2.05, 4.69) is 41.2 Å². The molecule has 1 aromatic carbocycles. The van der Waals surface area contributed by atoms with Crippen molar-refractivity contribution in [1.82, 2.24) is 29.8 Å². The van der Waals surface area contributed by atoms with Gasteiger partial charge in [0.1, 0.15) is 0 Å². The summed E-state index contributed by atoms with van der Waals surface area (Å²) in [5, 5.41) is 21.4. The molecule has 14 heteroatoms. The Morgan fingerprint density at radius 2 is 1.59 bits per heavy atom. The summed E-state index contributed by atoms with van der Waals surface area (Å²) in [6, 6.07) is 7.27. The molecule has 39 heavy (non-hydrogen) atoms. The van der Waals surface area contributed by atoms with Gasteiger partial charge in [0, 0.05) is 57.2 Å². The summed E-state index contributed by atoms with van der Waals surface area (Å²) in [6.45, 7) is 4.97. The number of anilines is 3. The van der Waals surface area contributed by atoms with Crippen LogP contribution in [-0.2, 0) is 22.6 Å². The van der Waals surface area contributed by atoms with E-state index in [0.717, 1.165) is 18.5 Å². The van der Waals surface area contributed by atoms with Crippen molar-refractivity contribution in [2.45, 2.75) is 19.5 Å². The Hall–Kier alpha value is -3.85. The van der Waals surface area contributed by atoms with Crippen molar-refractivity contribution in [3.8, 4) is 0 Å². The molecule has 0 aliphatic carbocycles. The Morgan fingerprint density at radius 3 is 2.26 bits per heavy atom. The number of ether oxygens (including phenoxy) is 2. The first-order valence-corrected chi connectivity index (χ1v) is 12.9. The van der Waals surface area contributed by atoms with Crippen molar-refractivity contribution >= 4 is 23.8 Å². The first-order valence-electron chi connectivity index (χ1n) is 12.9. The van der Waals surface area contributed by atoms with Gasteiger partial charge in [0.05, 0.1) is 39.4 Å². The maximum atomic E-state index is 12.4. The van der Waals surface area contributed by atoms with E-state index in [4.69, 9.17) is 20.3 Å².